The third kappa shape index (κ3) is 7.28. The van der Waals surface area contributed by atoms with E-state index >= 15 is 0 Å². The van der Waals surface area contributed by atoms with Gasteiger partial charge in [0.15, 0.2) is 0 Å². The molecule has 0 spiro atoms. The van der Waals surface area contributed by atoms with Gasteiger partial charge in [0.25, 0.3) is 0 Å². The second-order valence-electron chi connectivity index (χ2n) is 8.07. The molecule has 0 fully saturated rings. The Balaban J connectivity index is 2.69. The van der Waals surface area contributed by atoms with E-state index in [1.165, 1.54) is 39.0 Å². The van der Waals surface area contributed by atoms with Crippen molar-refractivity contribution in [2.75, 3.05) is 0 Å². The topological polar surface area (TPSA) is 0 Å². The fraction of sp³-hybridized carbons (Fsp3) is 0.312. The first-order chi connectivity index (χ1) is 15.7. The maximum atomic E-state index is 5.55. The average molecular weight is 423 g/mol. The van der Waals surface area contributed by atoms with Crippen molar-refractivity contribution in [3.05, 3.63) is 112 Å². The summed E-state index contributed by atoms with van der Waals surface area (Å²) >= 11 is 0. The van der Waals surface area contributed by atoms with Crippen LogP contribution in [0.25, 0.3) is 5.57 Å². The van der Waals surface area contributed by atoms with Crippen molar-refractivity contribution >= 4 is 5.57 Å². The van der Waals surface area contributed by atoms with Crippen LogP contribution >= 0.6 is 0 Å². The summed E-state index contributed by atoms with van der Waals surface area (Å²) in [6.07, 6.45) is 28.8. The van der Waals surface area contributed by atoms with E-state index in [4.69, 9.17) is 6.42 Å². The molecule has 1 aliphatic rings. The first kappa shape index (κ1) is 25.2. The number of allylic oxidation sites excluding steroid dienone is 14. The van der Waals surface area contributed by atoms with Gasteiger partial charge in [0, 0.05) is 6.42 Å². The first-order valence-electron chi connectivity index (χ1n) is 11.9. The van der Waals surface area contributed by atoms with Crippen LogP contribution in [0.4, 0.5) is 0 Å². The van der Waals surface area contributed by atoms with Crippen LogP contribution in [-0.2, 0) is 0 Å². The van der Waals surface area contributed by atoms with Gasteiger partial charge in [-0.15, -0.1) is 12.3 Å². The van der Waals surface area contributed by atoms with Crippen LogP contribution in [-0.4, -0.2) is 0 Å². The van der Waals surface area contributed by atoms with Crippen molar-refractivity contribution < 1.29 is 0 Å². The molecule has 2 rings (SSSR count). The number of hydrogen-bond donors (Lipinski definition) is 0. The molecule has 1 aromatic carbocycles. The summed E-state index contributed by atoms with van der Waals surface area (Å²) in [6, 6.07) is 10.9. The lowest BCUT2D eigenvalue weighted by molar-refractivity contribution is 0.999. The molecular formula is C32H38. The highest BCUT2D eigenvalue weighted by Crippen LogP contribution is 2.37. The van der Waals surface area contributed by atoms with Crippen molar-refractivity contribution in [2.24, 2.45) is 0 Å². The summed E-state index contributed by atoms with van der Waals surface area (Å²) < 4.78 is 0. The Bertz CT molecular complexity index is 992. The number of hydrogen-bond acceptors (Lipinski definition) is 0. The number of benzene rings is 1. The van der Waals surface area contributed by atoms with E-state index in [0.717, 1.165) is 32.1 Å². The molecule has 166 valence electrons. The Morgan fingerprint density at radius 3 is 2.47 bits per heavy atom. The summed E-state index contributed by atoms with van der Waals surface area (Å²) in [7, 11) is 0. The monoisotopic (exact) mass is 422 g/mol. The molecule has 0 amide bonds. The highest BCUT2D eigenvalue weighted by Gasteiger charge is 2.17. The molecule has 0 heterocycles. The Labute approximate surface area is 196 Å². The predicted octanol–water partition coefficient (Wildman–Crippen LogP) is 9.33. The zero-order valence-electron chi connectivity index (χ0n) is 20.3. The second-order valence-corrected chi connectivity index (χ2v) is 8.07. The zero-order chi connectivity index (χ0) is 23.2. The lowest BCUT2D eigenvalue weighted by Crippen LogP contribution is -2.01. The Morgan fingerprint density at radius 1 is 1.03 bits per heavy atom. The molecule has 0 heteroatoms. The quantitative estimate of drug-likeness (QED) is 0.260. The van der Waals surface area contributed by atoms with Crippen LogP contribution < -0.4 is 0 Å². The predicted molar refractivity (Wildman–Crippen MR) is 143 cm³/mol. The van der Waals surface area contributed by atoms with Gasteiger partial charge in [-0.3, -0.25) is 0 Å². The van der Waals surface area contributed by atoms with Gasteiger partial charge in [-0.25, -0.2) is 0 Å². The largest absolute Gasteiger partial charge is 0.120 e. The smallest absolute Gasteiger partial charge is 0.0272 e. The molecule has 1 aromatic rings. The molecule has 0 nitrogen and oxygen atoms in total. The molecule has 0 radical (unpaired) electrons. The highest BCUT2D eigenvalue weighted by molar-refractivity contribution is 5.83. The fourth-order valence-electron chi connectivity index (χ4n) is 4.31. The number of terminal acetylenes is 1. The minimum Gasteiger partial charge on any atom is -0.120 e. The van der Waals surface area contributed by atoms with Gasteiger partial charge < -0.3 is 0 Å². The summed E-state index contributed by atoms with van der Waals surface area (Å²) in [5.74, 6) is 2.76. The summed E-state index contributed by atoms with van der Waals surface area (Å²) in [5.41, 5.74) is 9.72. The third-order valence-corrected chi connectivity index (χ3v) is 5.76. The van der Waals surface area contributed by atoms with Gasteiger partial charge in [0.2, 0.25) is 0 Å². The maximum Gasteiger partial charge on any atom is 0.0272 e. The molecule has 0 N–H and O–H groups in total. The molecule has 0 bridgehead atoms. The first-order valence-corrected chi connectivity index (χ1v) is 11.9. The fourth-order valence-corrected chi connectivity index (χ4v) is 4.31. The third-order valence-electron chi connectivity index (χ3n) is 5.76. The van der Waals surface area contributed by atoms with Crippen molar-refractivity contribution in [1.29, 1.82) is 0 Å². The highest BCUT2D eigenvalue weighted by atomic mass is 14.2. The van der Waals surface area contributed by atoms with E-state index < -0.39 is 0 Å². The molecule has 0 aromatic heterocycles. The Kier molecular flexibility index (Phi) is 11.1. The van der Waals surface area contributed by atoms with E-state index in [-0.39, 0.29) is 0 Å². The van der Waals surface area contributed by atoms with Gasteiger partial charge in [-0.2, -0.15) is 0 Å². The Morgan fingerprint density at radius 2 is 1.81 bits per heavy atom. The van der Waals surface area contributed by atoms with Crippen LogP contribution in [0, 0.1) is 12.3 Å². The van der Waals surface area contributed by atoms with Crippen LogP contribution in [0.3, 0.4) is 0 Å². The minimum atomic E-state index is 0.666. The van der Waals surface area contributed by atoms with Crippen molar-refractivity contribution in [2.45, 2.75) is 66.2 Å². The van der Waals surface area contributed by atoms with Gasteiger partial charge in [0.1, 0.15) is 0 Å². The van der Waals surface area contributed by atoms with Crippen molar-refractivity contribution in [1.82, 2.24) is 0 Å². The lowest BCUT2D eigenvalue weighted by Gasteiger charge is -2.22. The van der Waals surface area contributed by atoms with E-state index in [1.54, 1.807) is 0 Å². The SMILES string of the molecule is C#CC/C=C(\C=C/CC)C/C(C)=C(\C(CC)=C(/CC)C1=CC=CC=CC1)c1ccccc1. The molecule has 32 heavy (non-hydrogen) atoms. The van der Waals surface area contributed by atoms with Crippen LogP contribution in [0.2, 0.25) is 0 Å². The summed E-state index contributed by atoms with van der Waals surface area (Å²) in [4.78, 5) is 0. The van der Waals surface area contributed by atoms with E-state index in [1.807, 2.05) is 0 Å². The summed E-state index contributed by atoms with van der Waals surface area (Å²) in [5, 5.41) is 0. The van der Waals surface area contributed by atoms with Crippen LogP contribution in [0.5, 0.6) is 0 Å². The average Bonchev–Trinajstić information content (AvgIpc) is 3.10. The lowest BCUT2D eigenvalue weighted by atomic mass is 9.83. The molecule has 0 unspecified atom stereocenters. The molecule has 0 saturated heterocycles. The molecule has 0 aliphatic heterocycles. The normalized spacial score (nSPS) is 15.7. The van der Waals surface area contributed by atoms with E-state index in [0.29, 0.717) is 6.42 Å². The van der Waals surface area contributed by atoms with E-state index in [2.05, 4.69) is 113 Å². The number of rotatable bonds is 10. The molecule has 0 atom stereocenters. The maximum absolute atomic E-state index is 5.55. The van der Waals surface area contributed by atoms with Gasteiger partial charge >= 0.3 is 0 Å². The minimum absolute atomic E-state index is 0.666. The molecule has 1 aliphatic carbocycles. The van der Waals surface area contributed by atoms with Crippen molar-refractivity contribution in [3.8, 4) is 12.3 Å². The second kappa shape index (κ2) is 14.1. The van der Waals surface area contributed by atoms with Gasteiger partial charge in [-0.05, 0) is 72.5 Å². The van der Waals surface area contributed by atoms with E-state index in [9.17, 15) is 0 Å². The van der Waals surface area contributed by atoms with Crippen molar-refractivity contribution in [3.63, 3.8) is 0 Å². The van der Waals surface area contributed by atoms with Crippen LogP contribution in [0.15, 0.2) is 107 Å². The van der Waals surface area contributed by atoms with Gasteiger partial charge in [0.05, 0.1) is 0 Å². The van der Waals surface area contributed by atoms with Crippen LogP contribution in [0.1, 0.15) is 71.8 Å². The molecule has 0 saturated carbocycles. The zero-order valence-corrected chi connectivity index (χ0v) is 20.3. The summed E-state index contributed by atoms with van der Waals surface area (Å²) in [6.45, 7) is 9.03. The van der Waals surface area contributed by atoms with Gasteiger partial charge in [-0.1, -0.05) is 105 Å². The standard InChI is InChI=1S/C32H38/c1-6-10-19-27(20-11-7-2)25-26(5)32(29-23-17-14-18-24-29)31(9-4)30(8-3)28-21-15-12-13-16-22-28/h1,11-21,23-24H,7-10,22,25H2,2-5H3/b20-11-,27-19+,31-30+,32-26-. The Hall–Kier alpha value is -3.04. The molecular weight excluding hydrogens is 384 g/mol.